The molecule has 1 aromatic rings. The van der Waals surface area contributed by atoms with Crippen molar-refractivity contribution in [1.29, 1.82) is 0 Å². The van der Waals surface area contributed by atoms with E-state index in [0.29, 0.717) is 13.1 Å². The zero-order chi connectivity index (χ0) is 22.1. The van der Waals surface area contributed by atoms with Crippen LogP contribution in [0.5, 0.6) is 5.75 Å². The molecule has 0 spiro atoms. The predicted molar refractivity (Wildman–Crippen MR) is 124 cm³/mol. The molecule has 0 bridgehead atoms. The van der Waals surface area contributed by atoms with Gasteiger partial charge in [-0.25, -0.2) is 0 Å². The molecular formula is C22H36Cl2NO2P. The molecule has 0 aliphatic heterocycles. The van der Waals surface area contributed by atoms with Crippen molar-refractivity contribution < 1.29 is 9.32 Å². The molecule has 1 aromatic carbocycles. The Kier molecular flexibility index (Phi) is 8.31. The molecule has 1 amide bonds. The highest BCUT2D eigenvalue weighted by molar-refractivity contribution is 8.00. The molecule has 1 rings (SSSR count). The fourth-order valence-corrected chi connectivity index (χ4v) is 4.05. The van der Waals surface area contributed by atoms with Crippen LogP contribution >= 0.6 is 29.3 Å². The largest absolute Gasteiger partial charge is 0.444 e. The lowest BCUT2D eigenvalue weighted by Crippen LogP contribution is -2.43. The summed E-state index contributed by atoms with van der Waals surface area (Å²) >= 11 is 12.1. The summed E-state index contributed by atoms with van der Waals surface area (Å²) in [6, 6.07) is 4.19. The van der Waals surface area contributed by atoms with Crippen LogP contribution in [-0.4, -0.2) is 23.9 Å². The number of carbonyl (C=O) groups is 1. The van der Waals surface area contributed by atoms with E-state index in [9.17, 15) is 4.79 Å². The van der Waals surface area contributed by atoms with E-state index < -0.39 is 12.3 Å². The van der Waals surface area contributed by atoms with E-state index in [2.05, 4.69) is 53.7 Å². The van der Waals surface area contributed by atoms with E-state index >= 15 is 0 Å². The van der Waals surface area contributed by atoms with Crippen molar-refractivity contribution >= 4 is 35.2 Å². The van der Waals surface area contributed by atoms with E-state index in [1.807, 2.05) is 32.6 Å². The van der Waals surface area contributed by atoms with Gasteiger partial charge in [-0.15, -0.1) is 0 Å². The first-order valence-corrected chi connectivity index (χ1v) is 12.9. The minimum Gasteiger partial charge on any atom is -0.444 e. The Morgan fingerprint density at radius 2 is 1.32 bits per heavy atom. The third-order valence-electron chi connectivity index (χ3n) is 5.17. The van der Waals surface area contributed by atoms with Crippen molar-refractivity contribution in [3.63, 3.8) is 0 Å². The van der Waals surface area contributed by atoms with E-state index in [1.54, 1.807) is 0 Å². The number of hydrogen-bond donors (Lipinski definition) is 0. The highest BCUT2D eigenvalue weighted by atomic mass is 35.9. The molecule has 0 N–H and O–H groups in total. The van der Waals surface area contributed by atoms with Crippen LogP contribution in [0.4, 0.5) is 0 Å². The minimum atomic E-state index is -1.60. The van der Waals surface area contributed by atoms with Crippen molar-refractivity contribution in [2.45, 2.75) is 85.5 Å². The van der Waals surface area contributed by atoms with Gasteiger partial charge in [-0.2, -0.15) is 0 Å². The van der Waals surface area contributed by atoms with E-state index in [4.69, 9.17) is 27.0 Å². The van der Waals surface area contributed by atoms with Gasteiger partial charge < -0.3 is 9.42 Å². The fourth-order valence-electron chi connectivity index (χ4n) is 3.30. The van der Waals surface area contributed by atoms with Crippen molar-refractivity contribution in [2.24, 2.45) is 0 Å². The quantitative estimate of drug-likeness (QED) is 0.422. The number of benzene rings is 1. The van der Waals surface area contributed by atoms with Crippen LogP contribution in [0.2, 0.25) is 0 Å². The Morgan fingerprint density at radius 3 is 1.61 bits per heavy atom. The number of nitrogens with zero attached hydrogens (tertiary/aromatic N) is 1. The maximum atomic E-state index is 13.3. The number of halogens is 2. The van der Waals surface area contributed by atoms with Gasteiger partial charge in [0, 0.05) is 24.2 Å². The Bertz CT molecular complexity index is 664. The first kappa shape index (κ1) is 25.5. The highest BCUT2D eigenvalue weighted by Gasteiger charge is 2.37. The lowest BCUT2D eigenvalue weighted by Gasteiger charge is -2.35. The molecule has 0 atom stereocenters. The van der Waals surface area contributed by atoms with E-state index in [1.165, 1.54) is 0 Å². The minimum absolute atomic E-state index is 0.128. The molecule has 6 heteroatoms. The van der Waals surface area contributed by atoms with Gasteiger partial charge in [-0.3, -0.25) is 4.79 Å². The third-order valence-corrected chi connectivity index (χ3v) is 5.91. The molecule has 3 nitrogen and oxygen atoms in total. The van der Waals surface area contributed by atoms with Crippen molar-refractivity contribution in [1.82, 2.24) is 4.90 Å². The van der Waals surface area contributed by atoms with Gasteiger partial charge in [-0.05, 0) is 66.6 Å². The Balaban J connectivity index is 3.82. The zero-order valence-electron chi connectivity index (χ0n) is 19.0. The summed E-state index contributed by atoms with van der Waals surface area (Å²) in [5.41, 5.74) is 1.97. The second-order valence-electron chi connectivity index (χ2n) is 9.80. The first-order chi connectivity index (χ1) is 12.6. The second kappa shape index (κ2) is 9.11. The molecule has 0 fully saturated rings. The molecule has 28 heavy (non-hydrogen) atoms. The topological polar surface area (TPSA) is 29.5 Å². The molecule has 0 aliphatic rings. The van der Waals surface area contributed by atoms with Crippen molar-refractivity contribution in [3.05, 3.63) is 28.8 Å². The normalized spacial score (nSPS) is 13.0. The average molecular weight is 448 g/mol. The number of hydrogen-bond acceptors (Lipinski definition) is 2. The maximum absolute atomic E-state index is 13.3. The number of rotatable bonds is 6. The van der Waals surface area contributed by atoms with Gasteiger partial charge in [0.05, 0.1) is 5.41 Å². The Labute approximate surface area is 182 Å². The number of amides is 1. The summed E-state index contributed by atoms with van der Waals surface area (Å²) in [6.45, 7) is 20.6. The summed E-state index contributed by atoms with van der Waals surface area (Å²) in [4.78, 5) is 15.2. The van der Waals surface area contributed by atoms with Crippen LogP contribution < -0.4 is 4.52 Å². The molecule has 0 unspecified atom stereocenters. The maximum Gasteiger partial charge on any atom is 0.284 e. The second-order valence-corrected chi connectivity index (χ2v) is 12.7. The van der Waals surface area contributed by atoms with Gasteiger partial charge in [0.15, 0.2) is 0 Å². The summed E-state index contributed by atoms with van der Waals surface area (Å²) in [6.07, 6.45) is 0. The summed E-state index contributed by atoms with van der Waals surface area (Å²) < 4.78 is 5.95. The fraction of sp³-hybridized carbons (Fsp3) is 0.682. The standard InChI is InChI=1S/C22H36Cl2NO2P/c1-11-25(12-2)19(26)22(9,10)15-13-16(20(3,4)5)18(27-28(23)24)17(14-15)21(6,7)8/h13-14H,11-12H2,1-10H3. The third kappa shape index (κ3) is 5.77. The SMILES string of the molecule is CCN(CC)C(=O)C(C)(C)c1cc(C(C)(C)C)c(OP(Cl)Cl)c(C(C)(C)C)c1. The van der Waals surface area contributed by atoms with Gasteiger partial charge in [0.2, 0.25) is 5.91 Å². The molecule has 0 aromatic heterocycles. The lowest BCUT2D eigenvalue weighted by atomic mass is 9.73. The van der Waals surface area contributed by atoms with Gasteiger partial charge in [-0.1, -0.05) is 53.7 Å². The van der Waals surface area contributed by atoms with Gasteiger partial charge in [0.1, 0.15) is 5.75 Å². The smallest absolute Gasteiger partial charge is 0.284 e. The molecule has 0 heterocycles. The highest BCUT2D eigenvalue weighted by Crippen LogP contribution is 2.53. The first-order valence-electron chi connectivity index (χ1n) is 9.85. The molecule has 0 radical (unpaired) electrons. The molecule has 0 aliphatic carbocycles. The van der Waals surface area contributed by atoms with Gasteiger partial charge >= 0.3 is 0 Å². The molecule has 160 valence electrons. The molecule has 0 saturated heterocycles. The van der Waals surface area contributed by atoms with Crippen molar-refractivity contribution in [3.8, 4) is 5.75 Å². The van der Waals surface area contributed by atoms with Crippen LogP contribution in [0.15, 0.2) is 12.1 Å². The van der Waals surface area contributed by atoms with E-state index in [0.717, 1.165) is 22.4 Å². The van der Waals surface area contributed by atoms with Crippen LogP contribution in [0, 0.1) is 0 Å². The Morgan fingerprint density at radius 1 is 0.929 bits per heavy atom. The zero-order valence-corrected chi connectivity index (χ0v) is 21.4. The van der Waals surface area contributed by atoms with Crippen LogP contribution in [-0.2, 0) is 21.0 Å². The number of likely N-dealkylation sites (N-methyl/N-ethyl adjacent to an activating group) is 1. The van der Waals surface area contributed by atoms with Gasteiger partial charge in [0.25, 0.3) is 6.85 Å². The van der Waals surface area contributed by atoms with Crippen LogP contribution in [0.3, 0.4) is 0 Å². The molecular weight excluding hydrogens is 412 g/mol. The summed E-state index contributed by atoms with van der Waals surface area (Å²) in [7, 11) is 0. The van der Waals surface area contributed by atoms with Crippen LogP contribution in [0.1, 0.15) is 85.9 Å². The summed E-state index contributed by atoms with van der Waals surface area (Å²) in [5, 5.41) is 0. The van der Waals surface area contributed by atoms with Crippen LogP contribution in [0.25, 0.3) is 0 Å². The summed E-state index contributed by atoms with van der Waals surface area (Å²) in [5.74, 6) is 0.869. The average Bonchev–Trinajstić information content (AvgIpc) is 2.53. The van der Waals surface area contributed by atoms with Crippen molar-refractivity contribution in [2.75, 3.05) is 13.1 Å². The number of carbonyl (C=O) groups excluding carboxylic acids is 1. The molecule has 0 saturated carbocycles. The Hall–Kier alpha value is -0.500. The predicted octanol–water partition coefficient (Wildman–Crippen LogP) is 7.51. The van der Waals surface area contributed by atoms with E-state index in [-0.39, 0.29) is 16.7 Å². The lowest BCUT2D eigenvalue weighted by molar-refractivity contribution is -0.135. The monoisotopic (exact) mass is 447 g/mol.